The van der Waals surface area contributed by atoms with E-state index in [0.29, 0.717) is 22.0 Å². The van der Waals surface area contributed by atoms with Crippen molar-refractivity contribution >= 4 is 24.3 Å². The van der Waals surface area contributed by atoms with Crippen molar-refractivity contribution in [2.24, 2.45) is 4.99 Å². The topological polar surface area (TPSA) is 64.7 Å². The molecular formula is C17H15ClN2O3. The van der Waals surface area contributed by atoms with Crippen LogP contribution < -0.4 is 0 Å². The van der Waals surface area contributed by atoms with Crippen LogP contribution in [0.15, 0.2) is 63.8 Å². The van der Waals surface area contributed by atoms with Gasteiger partial charge in [0, 0.05) is 28.4 Å². The molecule has 0 aliphatic heterocycles. The molecule has 2 rings (SSSR count). The minimum absolute atomic E-state index is 0.00796. The summed E-state index contributed by atoms with van der Waals surface area (Å²) in [7, 11) is 0. The molecule has 0 saturated heterocycles. The number of rotatable bonds is 6. The summed E-state index contributed by atoms with van der Waals surface area (Å²) < 4.78 is 10.3. The van der Waals surface area contributed by atoms with Crippen molar-refractivity contribution in [3.63, 3.8) is 0 Å². The van der Waals surface area contributed by atoms with Gasteiger partial charge in [-0.25, -0.2) is 4.79 Å². The number of allylic oxidation sites excluding steroid dienone is 2. The van der Waals surface area contributed by atoms with Gasteiger partial charge in [0.25, 0.3) is 0 Å². The third-order valence-electron chi connectivity index (χ3n) is 2.90. The molecule has 0 amide bonds. The maximum atomic E-state index is 11.8. The highest BCUT2D eigenvalue weighted by Crippen LogP contribution is 2.21. The van der Waals surface area contributed by atoms with Gasteiger partial charge in [-0.15, -0.1) is 0 Å². The van der Waals surface area contributed by atoms with Crippen LogP contribution >= 0.6 is 11.6 Å². The first kappa shape index (κ1) is 16.7. The van der Waals surface area contributed by atoms with Crippen LogP contribution in [-0.4, -0.2) is 17.8 Å². The minimum Gasteiger partial charge on any atom is -0.454 e. The van der Waals surface area contributed by atoms with Gasteiger partial charge in [0.15, 0.2) is 12.4 Å². The zero-order valence-electron chi connectivity index (χ0n) is 12.5. The first-order valence-corrected chi connectivity index (χ1v) is 7.16. The van der Waals surface area contributed by atoms with Crippen LogP contribution in [0.25, 0.3) is 11.3 Å². The van der Waals surface area contributed by atoms with Crippen molar-refractivity contribution in [3.8, 4) is 11.3 Å². The van der Waals surface area contributed by atoms with Gasteiger partial charge in [-0.2, -0.15) is 0 Å². The molecule has 0 saturated carbocycles. The SMILES string of the molecule is C=N/C=C\C=C(/C)C(=O)OCc1cc(-c2ccc(Cl)cc2)no1. The molecule has 2 aromatic rings. The molecule has 0 radical (unpaired) electrons. The van der Waals surface area contributed by atoms with Gasteiger partial charge in [-0.05, 0) is 31.9 Å². The van der Waals surface area contributed by atoms with Crippen LogP contribution in [0.5, 0.6) is 0 Å². The van der Waals surface area contributed by atoms with Gasteiger partial charge < -0.3 is 9.26 Å². The molecule has 1 aromatic carbocycles. The molecule has 0 N–H and O–H groups in total. The zero-order valence-corrected chi connectivity index (χ0v) is 13.3. The summed E-state index contributed by atoms with van der Waals surface area (Å²) in [4.78, 5) is 15.3. The van der Waals surface area contributed by atoms with Gasteiger partial charge in [0.05, 0.1) is 0 Å². The lowest BCUT2D eigenvalue weighted by Gasteiger charge is -2.01. The Morgan fingerprint density at radius 3 is 2.87 bits per heavy atom. The van der Waals surface area contributed by atoms with Crippen LogP contribution in [0.1, 0.15) is 12.7 Å². The minimum atomic E-state index is -0.442. The zero-order chi connectivity index (χ0) is 16.7. The Bertz CT molecular complexity index is 745. The number of hydrogen-bond donors (Lipinski definition) is 0. The largest absolute Gasteiger partial charge is 0.454 e. The fourth-order valence-electron chi connectivity index (χ4n) is 1.70. The van der Waals surface area contributed by atoms with Gasteiger partial charge in [-0.1, -0.05) is 35.0 Å². The Labute approximate surface area is 138 Å². The molecule has 1 heterocycles. The highest BCUT2D eigenvalue weighted by Gasteiger charge is 2.10. The number of nitrogens with zero attached hydrogens (tertiary/aromatic N) is 2. The number of carbonyl (C=O) groups is 1. The molecule has 118 valence electrons. The molecule has 1 aromatic heterocycles. The molecule has 0 bridgehead atoms. The predicted octanol–water partition coefficient (Wildman–Crippen LogP) is 4.20. The lowest BCUT2D eigenvalue weighted by atomic mass is 10.1. The van der Waals surface area contributed by atoms with Crippen LogP contribution in [0, 0.1) is 0 Å². The van der Waals surface area contributed by atoms with Gasteiger partial charge >= 0.3 is 5.97 Å². The fourth-order valence-corrected chi connectivity index (χ4v) is 1.83. The molecule has 0 spiro atoms. The number of aliphatic imine (C=N–C) groups is 1. The van der Waals surface area contributed by atoms with E-state index < -0.39 is 5.97 Å². The summed E-state index contributed by atoms with van der Waals surface area (Å²) in [5.41, 5.74) is 1.97. The van der Waals surface area contributed by atoms with E-state index in [0.717, 1.165) is 5.56 Å². The number of aromatic nitrogens is 1. The summed E-state index contributed by atoms with van der Waals surface area (Å²) in [6.45, 7) is 4.96. The molecule has 0 fully saturated rings. The summed E-state index contributed by atoms with van der Waals surface area (Å²) >= 11 is 5.84. The van der Waals surface area contributed by atoms with Crippen LogP contribution in [0.4, 0.5) is 0 Å². The number of carbonyl (C=O) groups excluding carboxylic acids is 1. The van der Waals surface area contributed by atoms with Crippen molar-refractivity contribution < 1.29 is 14.1 Å². The molecular weight excluding hydrogens is 316 g/mol. The van der Waals surface area contributed by atoms with E-state index in [-0.39, 0.29) is 6.61 Å². The lowest BCUT2D eigenvalue weighted by Crippen LogP contribution is -2.05. The van der Waals surface area contributed by atoms with Gasteiger partial charge in [0.1, 0.15) is 5.69 Å². The maximum absolute atomic E-state index is 11.8. The lowest BCUT2D eigenvalue weighted by molar-refractivity contribution is -0.140. The summed E-state index contributed by atoms with van der Waals surface area (Å²) in [6.07, 6.45) is 4.68. The monoisotopic (exact) mass is 330 g/mol. The van der Waals surface area contributed by atoms with E-state index in [9.17, 15) is 4.79 Å². The first-order chi connectivity index (χ1) is 11.1. The highest BCUT2D eigenvalue weighted by molar-refractivity contribution is 6.30. The average Bonchev–Trinajstić information content (AvgIpc) is 3.02. The van der Waals surface area contributed by atoms with Crippen LogP contribution in [0.2, 0.25) is 5.02 Å². The molecule has 0 aliphatic rings. The highest BCUT2D eigenvalue weighted by atomic mass is 35.5. The van der Waals surface area contributed by atoms with Crippen molar-refractivity contribution in [3.05, 3.63) is 65.0 Å². The molecule has 0 atom stereocenters. The normalized spacial score (nSPS) is 11.7. The van der Waals surface area contributed by atoms with Crippen molar-refractivity contribution in [2.45, 2.75) is 13.5 Å². The van der Waals surface area contributed by atoms with Crippen LogP contribution in [-0.2, 0) is 16.1 Å². The van der Waals surface area contributed by atoms with E-state index >= 15 is 0 Å². The Morgan fingerprint density at radius 2 is 2.17 bits per heavy atom. The molecule has 0 aliphatic carbocycles. The number of halogens is 1. The van der Waals surface area contributed by atoms with Gasteiger partial charge in [-0.3, -0.25) is 4.99 Å². The number of ether oxygens (including phenoxy) is 1. The number of benzene rings is 1. The van der Waals surface area contributed by atoms with Gasteiger partial charge in [0.2, 0.25) is 0 Å². The second-order valence-electron chi connectivity index (χ2n) is 4.64. The number of hydrogen-bond acceptors (Lipinski definition) is 5. The Hall–Kier alpha value is -2.66. The first-order valence-electron chi connectivity index (χ1n) is 6.78. The third-order valence-corrected chi connectivity index (χ3v) is 3.16. The second-order valence-corrected chi connectivity index (χ2v) is 5.07. The Balaban J connectivity index is 1.95. The smallest absolute Gasteiger partial charge is 0.334 e. The van der Waals surface area contributed by atoms with E-state index in [1.165, 1.54) is 6.20 Å². The van der Waals surface area contributed by atoms with E-state index in [4.69, 9.17) is 20.9 Å². The summed E-state index contributed by atoms with van der Waals surface area (Å²) in [6, 6.07) is 8.93. The quantitative estimate of drug-likeness (QED) is 0.344. The molecule has 6 heteroatoms. The Kier molecular flexibility index (Phi) is 5.88. The van der Waals surface area contributed by atoms with Crippen molar-refractivity contribution in [2.75, 3.05) is 0 Å². The summed E-state index contributed by atoms with van der Waals surface area (Å²) in [5.74, 6) is 0.0163. The van der Waals surface area contributed by atoms with E-state index in [2.05, 4.69) is 16.9 Å². The van der Waals surface area contributed by atoms with Crippen molar-refractivity contribution in [1.82, 2.24) is 5.16 Å². The summed E-state index contributed by atoms with van der Waals surface area (Å²) in [5, 5.41) is 4.59. The van der Waals surface area contributed by atoms with E-state index in [1.54, 1.807) is 37.3 Å². The Morgan fingerprint density at radius 1 is 1.43 bits per heavy atom. The molecule has 5 nitrogen and oxygen atoms in total. The van der Waals surface area contributed by atoms with E-state index in [1.807, 2.05) is 12.1 Å². The maximum Gasteiger partial charge on any atom is 0.334 e. The number of esters is 1. The third kappa shape index (κ3) is 4.93. The predicted molar refractivity (Wildman–Crippen MR) is 89.2 cm³/mol. The fraction of sp³-hybridized carbons (Fsp3) is 0.118. The molecule has 23 heavy (non-hydrogen) atoms. The van der Waals surface area contributed by atoms with Crippen LogP contribution in [0.3, 0.4) is 0 Å². The van der Waals surface area contributed by atoms with Crippen molar-refractivity contribution in [1.29, 1.82) is 0 Å². The second kappa shape index (κ2) is 8.10. The standard InChI is InChI=1S/C17H15ClN2O3/c1-12(4-3-9-19-2)17(21)22-11-15-10-16(20-23-15)13-5-7-14(18)8-6-13/h3-10H,2,11H2,1H3/b9-3-,12-4+. The average molecular weight is 331 g/mol. The molecule has 0 unspecified atom stereocenters.